The van der Waals surface area contributed by atoms with Gasteiger partial charge in [0.25, 0.3) is 0 Å². The van der Waals surface area contributed by atoms with Crippen molar-refractivity contribution in [2.24, 2.45) is 0 Å². The second kappa shape index (κ2) is 8.84. The van der Waals surface area contributed by atoms with Gasteiger partial charge in [0.05, 0.1) is 0 Å². The fourth-order valence-corrected chi connectivity index (χ4v) is 3.42. The number of hydrogen-bond acceptors (Lipinski definition) is 3. The molecule has 0 aliphatic carbocycles. The molecule has 2 aromatic carbocycles. The van der Waals surface area contributed by atoms with Crippen LogP contribution in [0.1, 0.15) is 63.0 Å². The van der Waals surface area contributed by atoms with Crippen LogP contribution in [0.5, 0.6) is 5.75 Å². The van der Waals surface area contributed by atoms with Crippen molar-refractivity contribution in [3.05, 3.63) is 47.5 Å². The van der Waals surface area contributed by atoms with Crippen LogP contribution in [0.4, 0.5) is 0 Å². The summed E-state index contributed by atoms with van der Waals surface area (Å²) in [5.74, 6) is 0.307. The third-order valence-corrected chi connectivity index (χ3v) is 4.86. The predicted octanol–water partition coefficient (Wildman–Crippen LogP) is 5.73. The van der Waals surface area contributed by atoms with Crippen LogP contribution in [0.15, 0.2) is 36.4 Å². The van der Waals surface area contributed by atoms with E-state index in [1.54, 1.807) is 4.80 Å². The highest BCUT2D eigenvalue weighted by atomic mass is 16.3. The first-order valence-electron chi connectivity index (χ1n) is 9.84. The highest BCUT2D eigenvalue weighted by Gasteiger charge is 2.13. The van der Waals surface area contributed by atoms with Crippen LogP contribution >= 0.6 is 0 Å². The van der Waals surface area contributed by atoms with Gasteiger partial charge in [-0.2, -0.15) is 0 Å². The van der Waals surface area contributed by atoms with Crippen LogP contribution < -0.4 is 0 Å². The second-order valence-electron chi connectivity index (χ2n) is 7.14. The van der Waals surface area contributed by atoms with Crippen LogP contribution in [0.3, 0.4) is 0 Å². The van der Waals surface area contributed by atoms with Crippen LogP contribution in [-0.2, 0) is 6.42 Å². The average Bonchev–Trinajstić information content (AvgIpc) is 3.07. The summed E-state index contributed by atoms with van der Waals surface area (Å²) < 4.78 is 0. The van der Waals surface area contributed by atoms with Gasteiger partial charge in [-0.3, -0.25) is 0 Å². The topological polar surface area (TPSA) is 50.9 Å². The molecule has 1 heterocycles. The number of hydrogen-bond donors (Lipinski definition) is 1. The molecule has 4 heteroatoms. The zero-order chi connectivity index (χ0) is 18.4. The third-order valence-electron chi connectivity index (χ3n) is 4.86. The zero-order valence-electron chi connectivity index (χ0n) is 15.9. The summed E-state index contributed by atoms with van der Waals surface area (Å²) in [4.78, 5) is 1.56. The Labute approximate surface area is 155 Å². The summed E-state index contributed by atoms with van der Waals surface area (Å²) in [5, 5.41) is 19.8. The standard InChI is InChI=1S/C22H29N3O/c1-3-4-5-6-7-8-9-12-18-15-17(2)16-21(22(18)26)25-23-19-13-10-11-14-20(19)24-25/h10-11,13-16,26H,3-9,12H2,1-2H3. The largest absolute Gasteiger partial charge is 0.505 e. The Morgan fingerprint density at radius 2 is 1.50 bits per heavy atom. The van der Waals surface area contributed by atoms with Gasteiger partial charge in [0.1, 0.15) is 22.5 Å². The van der Waals surface area contributed by atoms with Gasteiger partial charge < -0.3 is 5.11 Å². The van der Waals surface area contributed by atoms with E-state index < -0.39 is 0 Å². The van der Waals surface area contributed by atoms with Gasteiger partial charge in [0.15, 0.2) is 0 Å². The van der Waals surface area contributed by atoms with Crippen LogP contribution in [0.25, 0.3) is 16.7 Å². The number of benzene rings is 2. The summed E-state index contributed by atoms with van der Waals surface area (Å²) in [6, 6.07) is 11.8. The number of aromatic hydroxyl groups is 1. The number of phenolic OH excluding ortho intramolecular Hbond substituents is 1. The number of rotatable bonds is 9. The van der Waals surface area contributed by atoms with Gasteiger partial charge in [-0.15, -0.1) is 15.0 Å². The molecular weight excluding hydrogens is 322 g/mol. The van der Waals surface area contributed by atoms with Crippen LogP contribution in [0.2, 0.25) is 0 Å². The fourth-order valence-electron chi connectivity index (χ4n) is 3.42. The minimum absolute atomic E-state index is 0.307. The van der Waals surface area contributed by atoms with E-state index in [9.17, 15) is 5.11 Å². The Morgan fingerprint density at radius 3 is 2.15 bits per heavy atom. The summed E-state index contributed by atoms with van der Waals surface area (Å²) in [5.41, 5.74) is 4.45. The molecule has 3 rings (SSSR count). The molecule has 0 amide bonds. The summed E-state index contributed by atoms with van der Waals surface area (Å²) in [6.45, 7) is 4.30. The molecule has 1 N–H and O–H groups in total. The molecule has 0 radical (unpaired) electrons. The number of phenols is 1. The Hall–Kier alpha value is -2.36. The van der Waals surface area contributed by atoms with E-state index in [1.807, 2.05) is 30.3 Å². The van der Waals surface area contributed by atoms with E-state index in [0.29, 0.717) is 11.4 Å². The van der Waals surface area contributed by atoms with Gasteiger partial charge >= 0.3 is 0 Å². The molecule has 0 aliphatic rings. The Kier molecular flexibility index (Phi) is 6.26. The van der Waals surface area contributed by atoms with Crippen molar-refractivity contribution in [3.63, 3.8) is 0 Å². The van der Waals surface area contributed by atoms with Crippen LogP contribution in [0, 0.1) is 6.92 Å². The number of aryl methyl sites for hydroxylation is 2. The van der Waals surface area contributed by atoms with E-state index in [0.717, 1.165) is 35.0 Å². The molecule has 0 saturated carbocycles. The number of unbranched alkanes of at least 4 members (excludes halogenated alkanes) is 6. The molecule has 0 bridgehead atoms. The van der Waals surface area contributed by atoms with Crippen molar-refractivity contribution in [2.75, 3.05) is 0 Å². The Morgan fingerprint density at radius 1 is 0.885 bits per heavy atom. The molecule has 0 aliphatic heterocycles. The molecule has 138 valence electrons. The second-order valence-corrected chi connectivity index (χ2v) is 7.14. The number of fused-ring (bicyclic) bond motifs is 1. The van der Waals surface area contributed by atoms with E-state index in [1.165, 1.54) is 38.5 Å². The van der Waals surface area contributed by atoms with Crippen molar-refractivity contribution in [1.29, 1.82) is 0 Å². The van der Waals surface area contributed by atoms with Gasteiger partial charge in [-0.05, 0) is 49.1 Å². The quantitative estimate of drug-likeness (QED) is 0.501. The predicted molar refractivity (Wildman–Crippen MR) is 107 cm³/mol. The van der Waals surface area contributed by atoms with Gasteiger partial charge in [-0.1, -0.05) is 63.6 Å². The minimum atomic E-state index is 0.307. The van der Waals surface area contributed by atoms with Crippen molar-refractivity contribution < 1.29 is 5.11 Å². The molecule has 0 fully saturated rings. The summed E-state index contributed by atoms with van der Waals surface area (Å²) >= 11 is 0. The highest BCUT2D eigenvalue weighted by molar-refractivity contribution is 5.73. The lowest BCUT2D eigenvalue weighted by Crippen LogP contribution is -2.02. The molecule has 0 spiro atoms. The molecule has 4 nitrogen and oxygen atoms in total. The fraction of sp³-hybridized carbons (Fsp3) is 0.455. The number of nitrogens with zero attached hydrogens (tertiary/aromatic N) is 3. The third kappa shape index (κ3) is 4.43. The molecule has 0 unspecified atom stereocenters. The molecule has 1 aromatic heterocycles. The van der Waals surface area contributed by atoms with Gasteiger partial charge in [-0.25, -0.2) is 0 Å². The first-order chi connectivity index (χ1) is 12.7. The lowest BCUT2D eigenvalue weighted by molar-refractivity contribution is 0.458. The lowest BCUT2D eigenvalue weighted by Gasteiger charge is -2.11. The van der Waals surface area contributed by atoms with Crippen molar-refractivity contribution in [2.45, 2.75) is 65.2 Å². The summed E-state index contributed by atoms with van der Waals surface area (Å²) in [6.07, 6.45) is 9.80. The van der Waals surface area contributed by atoms with Crippen molar-refractivity contribution >= 4 is 11.0 Å². The zero-order valence-corrected chi connectivity index (χ0v) is 15.9. The van der Waals surface area contributed by atoms with Crippen molar-refractivity contribution in [1.82, 2.24) is 15.0 Å². The van der Waals surface area contributed by atoms with E-state index in [4.69, 9.17) is 0 Å². The maximum absolute atomic E-state index is 10.8. The van der Waals surface area contributed by atoms with Gasteiger partial charge in [0.2, 0.25) is 0 Å². The SMILES string of the molecule is CCCCCCCCCc1cc(C)cc(-n2nc3ccccc3n2)c1O. The lowest BCUT2D eigenvalue weighted by atomic mass is 10.0. The Balaban J connectivity index is 1.70. The smallest absolute Gasteiger partial charge is 0.146 e. The minimum Gasteiger partial charge on any atom is -0.505 e. The maximum Gasteiger partial charge on any atom is 0.146 e. The monoisotopic (exact) mass is 351 g/mol. The number of aromatic nitrogens is 3. The van der Waals surface area contributed by atoms with Crippen LogP contribution in [-0.4, -0.2) is 20.1 Å². The highest BCUT2D eigenvalue weighted by Crippen LogP contribution is 2.29. The first-order valence-corrected chi connectivity index (χ1v) is 9.84. The van der Waals surface area contributed by atoms with E-state index in [2.05, 4.69) is 30.1 Å². The van der Waals surface area contributed by atoms with E-state index >= 15 is 0 Å². The first kappa shape index (κ1) is 18.4. The molecule has 0 atom stereocenters. The maximum atomic E-state index is 10.8. The molecule has 0 saturated heterocycles. The van der Waals surface area contributed by atoms with Gasteiger partial charge in [0, 0.05) is 0 Å². The van der Waals surface area contributed by atoms with Crippen molar-refractivity contribution in [3.8, 4) is 11.4 Å². The van der Waals surface area contributed by atoms with E-state index in [-0.39, 0.29) is 0 Å². The normalized spacial score (nSPS) is 11.3. The molecule has 26 heavy (non-hydrogen) atoms. The molecule has 3 aromatic rings. The average molecular weight is 351 g/mol. The Bertz CT molecular complexity index is 821. The molecular formula is C22H29N3O. The summed E-state index contributed by atoms with van der Waals surface area (Å²) in [7, 11) is 0.